The van der Waals surface area contributed by atoms with Crippen LogP contribution < -0.4 is 0 Å². The summed E-state index contributed by atoms with van der Waals surface area (Å²) in [6.45, 7) is 6.68. The first-order chi connectivity index (χ1) is 3.27. The quantitative estimate of drug-likeness (QED) is 0.406. The van der Waals surface area contributed by atoms with E-state index in [1.165, 1.54) is 0 Å². The Kier molecular flexibility index (Phi) is 0.949. The summed E-state index contributed by atoms with van der Waals surface area (Å²) in [4.78, 5) is 0. The second kappa shape index (κ2) is 1.36. The van der Waals surface area contributed by atoms with Gasteiger partial charge in [0, 0.05) is 0 Å². The normalized spacial score (nSPS) is 38.4. The molecular formula is C7H12. The van der Waals surface area contributed by atoms with Gasteiger partial charge in [0.2, 0.25) is 0 Å². The Bertz CT molecular complexity index is 90.6. The number of rotatable bonds is 0. The van der Waals surface area contributed by atoms with Gasteiger partial charge in [-0.15, -0.1) is 0 Å². The van der Waals surface area contributed by atoms with Crippen LogP contribution in [0.5, 0.6) is 0 Å². The molecule has 0 aromatic carbocycles. The van der Waals surface area contributed by atoms with Crippen LogP contribution in [0.2, 0.25) is 0 Å². The second-order valence-electron chi connectivity index (χ2n) is 2.37. The summed E-state index contributed by atoms with van der Waals surface area (Å²) in [5, 5.41) is 0. The maximum atomic E-state index is 2.28. The lowest BCUT2D eigenvalue weighted by Crippen LogP contribution is -1.58. The van der Waals surface area contributed by atoms with Crippen LogP contribution in [0.3, 0.4) is 0 Å². The zero-order valence-electron chi connectivity index (χ0n) is 5.23. The van der Waals surface area contributed by atoms with Gasteiger partial charge in [0.15, 0.2) is 0 Å². The van der Waals surface area contributed by atoms with E-state index in [9.17, 15) is 0 Å². The Morgan fingerprint density at radius 2 is 1.71 bits per heavy atom. The van der Waals surface area contributed by atoms with Crippen LogP contribution in [0.25, 0.3) is 0 Å². The molecule has 0 radical (unpaired) electrons. The van der Waals surface area contributed by atoms with Gasteiger partial charge in [0.1, 0.15) is 0 Å². The molecule has 1 fully saturated rings. The minimum Gasteiger partial charge on any atom is -0.0879 e. The van der Waals surface area contributed by atoms with E-state index in [0.717, 1.165) is 11.8 Å². The predicted octanol–water partition coefficient (Wildman–Crippen LogP) is 2.22. The second-order valence-corrected chi connectivity index (χ2v) is 2.37. The van der Waals surface area contributed by atoms with Crippen LogP contribution in [0.1, 0.15) is 20.8 Å². The molecule has 7 heavy (non-hydrogen) atoms. The van der Waals surface area contributed by atoms with Crippen molar-refractivity contribution in [2.45, 2.75) is 20.8 Å². The van der Waals surface area contributed by atoms with E-state index in [1.54, 1.807) is 5.57 Å². The summed E-state index contributed by atoms with van der Waals surface area (Å²) in [6, 6.07) is 0. The van der Waals surface area contributed by atoms with E-state index in [-0.39, 0.29) is 0 Å². The summed E-state index contributed by atoms with van der Waals surface area (Å²) in [5.41, 5.74) is 1.64. The molecule has 0 N–H and O–H groups in total. The van der Waals surface area contributed by atoms with Gasteiger partial charge in [-0.05, 0) is 18.8 Å². The summed E-state index contributed by atoms with van der Waals surface area (Å²) < 4.78 is 0. The highest BCUT2D eigenvalue weighted by molar-refractivity contribution is 5.25. The highest BCUT2D eigenvalue weighted by Crippen LogP contribution is 2.44. The molecule has 0 aliphatic heterocycles. The maximum absolute atomic E-state index is 2.28. The summed E-state index contributed by atoms with van der Waals surface area (Å²) in [6.07, 6.45) is 2.23. The van der Waals surface area contributed by atoms with Gasteiger partial charge in [0.05, 0.1) is 0 Å². The van der Waals surface area contributed by atoms with Crippen LogP contribution in [-0.4, -0.2) is 0 Å². The highest BCUT2D eigenvalue weighted by Gasteiger charge is 2.33. The zero-order chi connectivity index (χ0) is 5.44. The van der Waals surface area contributed by atoms with E-state index in [1.807, 2.05) is 0 Å². The molecule has 0 saturated heterocycles. The summed E-state index contributed by atoms with van der Waals surface area (Å²) in [5.74, 6) is 1.79. The average molecular weight is 96.2 g/mol. The average Bonchev–Trinajstić information content (AvgIpc) is 2.17. The van der Waals surface area contributed by atoms with E-state index in [4.69, 9.17) is 0 Å². The molecule has 0 aromatic heterocycles. The molecule has 0 bridgehead atoms. The third-order valence-electron chi connectivity index (χ3n) is 2.03. The zero-order valence-corrected chi connectivity index (χ0v) is 5.23. The van der Waals surface area contributed by atoms with Crippen molar-refractivity contribution in [2.24, 2.45) is 11.8 Å². The van der Waals surface area contributed by atoms with Crippen molar-refractivity contribution in [1.29, 1.82) is 0 Å². The number of hydrogen-bond donors (Lipinski definition) is 0. The van der Waals surface area contributed by atoms with Gasteiger partial charge in [-0.1, -0.05) is 25.5 Å². The summed E-state index contributed by atoms with van der Waals surface area (Å²) in [7, 11) is 0. The monoisotopic (exact) mass is 96.1 g/mol. The molecule has 1 saturated carbocycles. The van der Waals surface area contributed by atoms with Crippen molar-refractivity contribution in [3.63, 3.8) is 0 Å². The number of allylic oxidation sites excluding steroid dienone is 2. The Labute approximate surface area is 45.2 Å². The minimum absolute atomic E-state index is 0.894. The molecule has 2 atom stereocenters. The Hall–Kier alpha value is -0.260. The molecule has 0 aromatic rings. The molecule has 0 heterocycles. The Balaban J connectivity index is 2.54. The van der Waals surface area contributed by atoms with Crippen molar-refractivity contribution in [2.75, 3.05) is 0 Å². The Morgan fingerprint density at radius 1 is 1.29 bits per heavy atom. The van der Waals surface area contributed by atoms with Crippen LogP contribution >= 0.6 is 0 Å². The molecule has 0 nitrogen and oxygen atoms in total. The van der Waals surface area contributed by atoms with E-state index < -0.39 is 0 Å². The van der Waals surface area contributed by atoms with Gasteiger partial charge in [-0.25, -0.2) is 0 Å². The molecular weight excluding hydrogens is 84.1 g/mol. The SMILES string of the molecule is CC=C1C(C)C1C. The standard InChI is InChI=1S/C7H12/c1-4-7-5(2)6(7)3/h4-6H,1-3H3. The lowest BCUT2D eigenvalue weighted by molar-refractivity contribution is 0.834. The lowest BCUT2D eigenvalue weighted by atomic mass is 10.4. The molecule has 40 valence electrons. The molecule has 0 spiro atoms. The van der Waals surface area contributed by atoms with Gasteiger partial charge in [-0.3, -0.25) is 0 Å². The topological polar surface area (TPSA) is 0 Å². The van der Waals surface area contributed by atoms with Crippen LogP contribution in [0.15, 0.2) is 11.6 Å². The predicted molar refractivity (Wildman–Crippen MR) is 32.1 cm³/mol. The van der Waals surface area contributed by atoms with Gasteiger partial charge in [-0.2, -0.15) is 0 Å². The third kappa shape index (κ3) is 0.583. The van der Waals surface area contributed by atoms with Crippen molar-refractivity contribution < 1.29 is 0 Å². The first kappa shape index (κ1) is 4.89. The fraction of sp³-hybridized carbons (Fsp3) is 0.714. The van der Waals surface area contributed by atoms with Gasteiger partial charge >= 0.3 is 0 Å². The lowest BCUT2D eigenvalue weighted by Gasteiger charge is -1.65. The largest absolute Gasteiger partial charge is 0.0879 e. The van der Waals surface area contributed by atoms with Crippen LogP contribution in [-0.2, 0) is 0 Å². The molecule has 1 rings (SSSR count). The van der Waals surface area contributed by atoms with Crippen molar-refractivity contribution in [1.82, 2.24) is 0 Å². The van der Waals surface area contributed by atoms with Crippen molar-refractivity contribution in [3.8, 4) is 0 Å². The van der Waals surface area contributed by atoms with Crippen LogP contribution in [0.4, 0.5) is 0 Å². The number of hydrogen-bond acceptors (Lipinski definition) is 0. The first-order valence-corrected chi connectivity index (χ1v) is 2.93. The molecule has 1 aliphatic carbocycles. The molecule has 0 amide bonds. The highest BCUT2D eigenvalue weighted by atomic mass is 14.4. The summed E-state index contributed by atoms with van der Waals surface area (Å²) >= 11 is 0. The van der Waals surface area contributed by atoms with E-state index in [2.05, 4.69) is 26.8 Å². The Morgan fingerprint density at radius 3 is 1.71 bits per heavy atom. The molecule has 1 aliphatic rings. The van der Waals surface area contributed by atoms with Crippen molar-refractivity contribution >= 4 is 0 Å². The fourth-order valence-electron chi connectivity index (χ4n) is 1.13. The van der Waals surface area contributed by atoms with E-state index in [0.29, 0.717) is 0 Å². The van der Waals surface area contributed by atoms with Gasteiger partial charge < -0.3 is 0 Å². The molecule has 0 heteroatoms. The smallest absolute Gasteiger partial charge is 0.0166 e. The van der Waals surface area contributed by atoms with Crippen molar-refractivity contribution in [3.05, 3.63) is 11.6 Å². The third-order valence-corrected chi connectivity index (χ3v) is 2.03. The maximum Gasteiger partial charge on any atom is -0.0166 e. The fourth-order valence-corrected chi connectivity index (χ4v) is 1.13. The van der Waals surface area contributed by atoms with E-state index >= 15 is 0 Å². The minimum atomic E-state index is 0.894. The first-order valence-electron chi connectivity index (χ1n) is 2.93. The molecule has 2 unspecified atom stereocenters. The van der Waals surface area contributed by atoms with Crippen LogP contribution in [0, 0.1) is 11.8 Å². The van der Waals surface area contributed by atoms with Gasteiger partial charge in [0.25, 0.3) is 0 Å².